The van der Waals surface area contributed by atoms with Gasteiger partial charge in [0.1, 0.15) is 0 Å². The lowest BCUT2D eigenvalue weighted by molar-refractivity contribution is 0.510. The van der Waals surface area contributed by atoms with Crippen LogP contribution in [0.1, 0.15) is 11.5 Å². The number of hydrogen-bond donors (Lipinski definition) is 0. The monoisotopic (exact) mass is 245 g/mol. The fraction of sp³-hybridized carbons (Fsp3) is 0.0769. The molecular weight excluding hydrogens is 236 g/mol. The summed E-state index contributed by atoms with van der Waals surface area (Å²) in [5.74, 6) is -1.31. The molecule has 0 spiro atoms. The van der Waals surface area contributed by atoms with Crippen molar-refractivity contribution in [3.63, 3.8) is 0 Å². The number of halogens is 2. The van der Waals surface area contributed by atoms with Crippen LogP contribution in [0.2, 0.25) is 0 Å². The molecule has 0 aliphatic rings. The van der Waals surface area contributed by atoms with Crippen molar-refractivity contribution in [2.24, 2.45) is 0 Å². The van der Waals surface area contributed by atoms with E-state index < -0.39 is 11.6 Å². The Morgan fingerprint density at radius 3 is 2.67 bits per heavy atom. The van der Waals surface area contributed by atoms with Gasteiger partial charge in [0.15, 0.2) is 17.5 Å². The standard InChI is InChI=1S/C13H9F2N3/c1-3-13-16-11-6-10(15)9(14)5-8(11)12-4-7(2)17-18(12)13/h3-6H,1H2,2H3. The molecule has 3 aromatic rings. The van der Waals surface area contributed by atoms with E-state index in [1.807, 2.05) is 6.92 Å². The molecule has 1 aromatic carbocycles. The van der Waals surface area contributed by atoms with Crippen LogP contribution in [-0.4, -0.2) is 14.6 Å². The molecule has 0 fully saturated rings. The lowest BCUT2D eigenvalue weighted by Crippen LogP contribution is -1.99. The maximum absolute atomic E-state index is 13.3. The van der Waals surface area contributed by atoms with E-state index in [9.17, 15) is 8.78 Å². The minimum absolute atomic E-state index is 0.385. The summed E-state index contributed by atoms with van der Waals surface area (Å²) >= 11 is 0. The normalized spacial score (nSPS) is 11.3. The topological polar surface area (TPSA) is 30.2 Å². The van der Waals surface area contributed by atoms with E-state index in [2.05, 4.69) is 16.7 Å². The molecule has 2 heterocycles. The summed E-state index contributed by atoms with van der Waals surface area (Å²) in [7, 11) is 0. The van der Waals surface area contributed by atoms with Crippen molar-refractivity contribution < 1.29 is 8.78 Å². The van der Waals surface area contributed by atoms with Crippen molar-refractivity contribution in [2.75, 3.05) is 0 Å². The molecule has 2 aromatic heterocycles. The summed E-state index contributed by atoms with van der Waals surface area (Å²) in [6.07, 6.45) is 1.53. The first-order valence-electron chi connectivity index (χ1n) is 5.37. The zero-order valence-corrected chi connectivity index (χ0v) is 9.61. The van der Waals surface area contributed by atoms with E-state index in [-0.39, 0.29) is 0 Å². The van der Waals surface area contributed by atoms with Gasteiger partial charge < -0.3 is 0 Å². The summed E-state index contributed by atoms with van der Waals surface area (Å²) in [5.41, 5.74) is 1.85. The van der Waals surface area contributed by atoms with Gasteiger partial charge in [-0.1, -0.05) is 6.58 Å². The zero-order chi connectivity index (χ0) is 12.9. The highest BCUT2D eigenvalue weighted by Gasteiger charge is 2.12. The van der Waals surface area contributed by atoms with Crippen LogP contribution in [0.3, 0.4) is 0 Å². The number of benzene rings is 1. The molecule has 5 heteroatoms. The SMILES string of the molecule is C=Cc1nc2cc(F)c(F)cc2c2cc(C)nn12. The summed E-state index contributed by atoms with van der Waals surface area (Å²) < 4.78 is 28.1. The van der Waals surface area contributed by atoms with Crippen molar-refractivity contribution in [1.29, 1.82) is 0 Å². The minimum Gasteiger partial charge on any atom is -0.228 e. The molecule has 0 aliphatic heterocycles. The van der Waals surface area contributed by atoms with Crippen molar-refractivity contribution in [3.8, 4) is 0 Å². The van der Waals surface area contributed by atoms with E-state index >= 15 is 0 Å². The average Bonchev–Trinajstić information content (AvgIpc) is 2.72. The lowest BCUT2D eigenvalue weighted by Gasteiger charge is -2.04. The van der Waals surface area contributed by atoms with Crippen molar-refractivity contribution in [1.82, 2.24) is 14.6 Å². The number of aryl methyl sites for hydroxylation is 1. The maximum Gasteiger partial charge on any atom is 0.161 e. The van der Waals surface area contributed by atoms with E-state index in [0.29, 0.717) is 22.2 Å². The van der Waals surface area contributed by atoms with E-state index in [1.54, 1.807) is 10.6 Å². The number of aromatic nitrogens is 3. The molecule has 0 amide bonds. The molecule has 3 rings (SSSR count). The van der Waals surface area contributed by atoms with Gasteiger partial charge in [-0.2, -0.15) is 5.10 Å². The second-order valence-corrected chi connectivity index (χ2v) is 4.04. The van der Waals surface area contributed by atoms with Crippen molar-refractivity contribution >= 4 is 22.5 Å². The number of rotatable bonds is 1. The van der Waals surface area contributed by atoms with Gasteiger partial charge in [0.2, 0.25) is 0 Å². The summed E-state index contributed by atoms with van der Waals surface area (Å²) in [6.45, 7) is 5.47. The Kier molecular flexibility index (Phi) is 2.16. The minimum atomic E-state index is -0.911. The second-order valence-electron chi connectivity index (χ2n) is 4.04. The molecule has 0 N–H and O–H groups in total. The van der Waals surface area contributed by atoms with Gasteiger partial charge in [0, 0.05) is 11.5 Å². The van der Waals surface area contributed by atoms with Gasteiger partial charge >= 0.3 is 0 Å². The van der Waals surface area contributed by atoms with Gasteiger partial charge in [-0.25, -0.2) is 18.3 Å². The van der Waals surface area contributed by atoms with E-state index in [0.717, 1.165) is 17.8 Å². The molecule has 0 radical (unpaired) electrons. The predicted octanol–water partition coefficient (Wildman–Crippen LogP) is 3.11. The van der Waals surface area contributed by atoms with E-state index in [4.69, 9.17) is 0 Å². The van der Waals surface area contributed by atoms with Crippen LogP contribution in [0, 0.1) is 18.6 Å². The molecule has 0 bridgehead atoms. The summed E-state index contributed by atoms with van der Waals surface area (Å²) in [5, 5.41) is 4.78. The smallest absolute Gasteiger partial charge is 0.161 e. The predicted molar refractivity (Wildman–Crippen MR) is 65.2 cm³/mol. The second kappa shape index (κ2) is 3.60. The van der Waals surface area contributed by atoms with Gasteiger partial charge in [0.05, 0.1) is 16.7 Å². The highest BCUT2D eigenvalue weighted by atomic mass is 19.2. The van der Waals surface area contributed by atoms with Crippen LogP contribution >= 0.6 is 0 Å². The van der Waals surface area contributed by atoms with Crippen LogP contribution in [0.25, 0.3) is 22.5 Å². The Morgan fingerprint density at radius 1 is 1.22 bits per heavy atom. The van der Waals surface area contributed by atoms with Gasteiger partial charge in [-0.3, -0.25) is 0 Å². The van der Waals surface area contributed by atoms with Gasteiger partial charge in [-0.15, -0.1) is 0 Å². The van der Waals surface area contributed by atoms with Gasteiger partial charge in [-0.05, 0) is 25.1 Å². The van der Waals surface area contributed by atoms with Crippen LogP contribution < -0.4 is 0 Å². The molecule has 0 saturated heterocycles. The Hall–Kier alpha value is -2.30. The molecule has 0 unspecified atom stereocenters. The molecule has 3 nitrogen and oxygen atoms in total. The molecule has 18 heavy (non-hydrogen) atoms. The quantitative estimate of drug-likeness (QED) is 0.659. The summed E-state index contributed by atoms with van der Waals surface area (Å²) in [6, 6.07) is 4.02. The number of nitrogens with zero attached hydrogens (tertiary/aromatic N) is 3. The molecule has 0 aliphatic carbocycles. The third kappa shape index (κ3) is 1.40. The molecule has 0 atom stereocenters. The maximum atomic E-state index is 13.3. The lowest BCUT2D eigenvalue weighted by atomic mass is 10.2. The molecule has 90 valence electrons. The molecular formula is C13H9F2N3. The fourth-order valence-electron chi connectivity index (χ4n) is 2.00. The van der Waals surface area contributed by atoms with Crippen LogP contribution in [0.4, 0.5) is 8.78 Å². The first-order valence-corrected chi connectivity index (χ1v) is 5.37. The van der Waals surface area contributed by atoms with E-state index in [1.165, 1.54) is 6.08 Å². The third-order valence-corrected chi connectivity index (χ3v) is 2.78. The van der Waals surface area contributed by atoms with Crippen LogP contribution in [-0.2, 0) is 0 Å². The fourth-order valence-corrected chi connectivity index (χ4v) is 2.00. The van der Waals surface area contributed by atoms with Crippen LogP contribution in [0.5, 0.6) is 0 Å². The first kappa shape index (κ1) is 10.8. The molecule has 0 saturated carbocycles. The van der Waals surface area contributed by atoms with Crippen molar-refractivity contribution in [2.45, 2.75) is 6.92 Å². The highest BCUT2D eigenvalue weighted by molar-refractivity contribution is 5.94. The number of hydrogen-bond acceptors (Lipinski definition) is 2. The highest BCUT2D eigenvalue weighted by Crippen LogP contribution is 2.23. The van der Waals surface area contributed by atoms with Crippen LogP contribution in [0.15, 0.2) is 24.8 Å². The Labute approximate surface area is 101 Å². The largest absolute Gasteiger partial charge is 0.228 e. The average molecular weight is 245 g/mol. The van der Waals surface area contributed by atoms with Gasteiger partial charge in [0.25, 0.3) is 0 Å². The third-order valence-electron chi connectivity index (χ3n) is 2.78. The Morgan fingerprint density at radius 2 is 1.94 bits per heavy atom. The summed E-state index contributed by atoms with van der Waals surface area (Å²) in [4.78, 5) is 4.21. The Balaban J connectivity index is 2.58. The van der Waals surface area contributed by atoms with Crippen molar-refractivity contribution in [3.05, 3.63) is 47.9 Å². The first-order chi connectivity index (χ1) is 8.60. The zero-order valence-electron chi connectivity index (χ0n) is 9.61. The number of fused-ring (bicyclic) bond motifs is 3. The Bertz CT molecular complexity index is 790.